The van der Waals surface area contributed by atoms with Crippen LogP contribution >= 0.6 is 0 Å². The van der Waals surface area contributed by atoms with E-state index in [1.807, 2.05) is 0 Å². The summed E-state index contributed by atoms with van der Waals surface area (Å²) in [5.41, 5.74) is -0.0861. The zero-order chi connectivity index (χ0) is 15.7. The van der Waals surface area contributed by atoms with Gasteiger partial charge in [-0.3, -0.25) is 0 Å². The van der Waals surface area contributed by atoms with Crippen molar-refractivity contribution in [2.24, 2.45) is 6.99 Å². The Morgan fingerprint density at radius 3 is 1.14 bits per heavy atom. The Bertz CT molecular complexity index is 541. The Balaban J connectivity index is 2.77. The topological polar surface area (TPSA) is 24.7 Å². The van der Waals surface area contributed by atoms with Crippen molar-refractivity contribution in [3.63, 3.8) is 0 Å². The van der Waals surface area contributed by atoms with Crippen molar-refractivity contribution < 1.29 is 15.7 Å². The van der Waals surface area contributed by atoms with Crippen molar-refractivity contribution in [2.45, 2.75) is 61.2 Å². The average Bonchev–Trinajstić information content (AvgIpc) is 2.98. The molecule has 0 aliphatic heterocycles. The fraction of sp³-hybridized carbons (Fsp3) is 0.556. The molecule has 2 nitrogen and oxygen atoms in total. The molecule has 0 saturated heterocycles. The van der Waals surface area contributed by atoms with Crippen LogP contribution in [0.25, 0.3) is 0 Å². The Morgan fingerprint density at radius 1 is 0.619 bits per heavy atom. The molecule has 2 rings (SSSR count). The molecule has 0 aromatic carbocycles. The van der Waals surface area contributed by atoms with E-state index in [4.69, 9.17) is 6.99 Å². The van der Waals surface area contributed by atoms with E-state index in [2.05, 4.69) is 90.2 Å². The Kier molecular flexibility index (Phi) is 4.59. The third-order valence-electron chi connectivity index (χ3n) is 3.07. The molecule has 116 valence electrons. The van der Waals surface area contributed by atoms with Crippen molar-refractivity contribution in [1.29, 1.82) is 0 Å². The summed E-state index contributed by atoms with van der Waals surface area (Å²) in [4.78, 5) is 0. The Labute approximate surface area is 132 Å². The van der Waals surface area contributed by atoms with E-state index < -0.39 is 15.7 Å². The third-order valence-corrected chi connectivity index (χ3v) is 17.1. The van der Waals surface area contributed by atoms with E-state index in [1.54, 1.807) is 0 Å². The molecule has 0 N–H and O–H groups in total. The van der Waals surface area contributed by atoms with Crippen molar-refractivity contribution in [2.75, 3.05) is 0 Å². The summed E-state index contributed by atoms with van der Waals surface area (Å²) in [6.07, 6.45) is 17.9. The zero-order valence-electron chi connectivity index (χ0n) is 14.1. The van der Waals surface area contributed by atoms with Crippen molar-refractivity contribution in [3.8, 4) is 0 Å². The Hall–Kier alpha value is -0.752. The van der Waals surface area contributed by atoms with Crippen LogP contribution in [0, 0.1) is 0 Å². The molecule has 0 unspecified atom stereocenters. The van der Waals surface area contributed by atoms with E-state index in [-0.39, 0.29) is 11.1 Å². The zero-order valence-corrected chi connectivity index (χ0v) is 17.0. The maximum absolute atomic E-state index is 5.43. The van der Waals surface area contributed by atoms with E-state index in [1.165, 1.54) is 0 Å². The van der Waals surface area contributed by atoms with E-state index in [0.717, 1.165) is 0 Å². The van der Waals surface area contributed by atoms with Gasteiger partial charge in [-0.05, 0) is 0 Å². The van der Waals surface area contributed by atoms with Crippen LogP contribution in [0.5, 0.6) is 0 Å². The van der Waals surface area contributed by atoms with E-state index in [9.17, 15) is 0 Å². The van der Waals surface area contributed by atoms with Gasteiger partial charge in [-0.15, -0.1) is 0 Å². The molecule has 0 fully saturated rings. The molecule has 0 saturated carbocycles. The summed E-state index contributed by atoms with van der Waals surface area (Å²) < 4.78 is 11.7. The first-order valence-electron chi connectivity index (χ1n) is 7.62. The average molecular weight is 456 g/mol. The van der Waals surface area contributed by atoms with Crippen LogP contribution in [0.3, 0.4) is 0 Å². The number of hydrogen-bond acceptors (Lipinski definition) is 2. The van der Waals surface area contributed by atoms with Gasteiger partial charge in [-0.1, -0.05) is 0 Å². The van der Waals surface area contributed by atoms with Gasteiger partial charge in [0, 0.05) is 0 Å². The Morgan fingerprint density at radius 2 is 0.905 bits per heavy atom. The van der Waals surface area contributed by atoms with Gasteiger partial charge in [0.25, 0.3) is 0 Å². The minimum absolute atomic E-state index is 0.0430. The fourth-order valence-corrected chi connectivity index (χ4v) is 16.7. The molecule has 0 atom stereocenters. The first-order chi connectivity index (χ1) is 9.62. The first-order valence-corrected chi connectivity index (χ1v) is 13.6. The second-order valence-electron chi connectivity index (χ2n) is 7.63. The second kappa shape index (κ2) is 5.80. The number of nitrogens with zero attached hydrogens (tertiary/aromatic N) is 2. The van der Waals surface area contributed by atoms with Crippen LogP contribution in [0.2, 0.25) is 8.62 Å². The fourth-order valence-electron chi connectivity index (χ4n) is 2.61. The summed E-state index contributed by atoms with van der Waals surface area (Å²) >= 11 is -3.21. The molecule has 0 amide bonds. The van der Waals surface area contributed by atoms with Crippen molar-refractivity contribution in [3.05, 3.63) is 48.6 Å². The van der Waals surface area contributed by atoms with Crippen molar-refractivity contribution >= 4 is 0 Å². The predicted molar refractivity (Wildman–Crippen MR) is 88.4 cm³/mol. The molecule has 0 bridgehead atoms. The van der Waals surface area contributed by atoms with Gasteiger partial charge in [-0.2, -0.15) is 0 Å². The predicted octanol–water partition coefficient (Wildman–Crippen LogP) is 5.93. The molecule has 21 heavy (non-hydrogen) atoms. The van der Waals surface area contributed by atoms with Gasteiger partial charge >= 0.3 is 133 Å². The summed E-state index contributed by atoms with van der Waals surface area (Å²) in [5.74, 6) is 0. The molecule has 2 aliphatic rings. The van der Waals surface area contributed by atoms with Crippen LogP contribution in [0.1, 0.15) is 41.5 Å². The first kappa shape index (κ1) is 16.6. The molecule has 2 aliphatic carbocycles. The van der Waals surface area contributed by atoms with Gasteiger partial charge in [-0.25, -0.2) is 0 Å². The molecule has 0 heterocycles. The van der Waals surface area contributed by atoms with Crippen LogP contribution < -0.4 is 0 Å². The molecular formula is C18H28N2W. The molecule has 0 spiro atoms. The van der Waals surface area contributed by atoms with Gasteiger partial charge in [0.05, 0.1) is 0 Å². The van der Waals surface area contributed by atoms with Crippen LogP contribution in [0.15, 0.2) is 55.6 Å². The normalized spacial score (nSPS) is 19.7. The van der Waals surface area contributed by atoms with Crippen molar-refractivity contribution in [1.82, 2.24) is 0 Å². The SMILES string of the molecule is CC(C)(C)[N]=[W](=[N]C(C)(C)C)([CH]1C=CC=C1)[CH]1C=CC=C1. The van der Waals surface area contributed by atoms with Gasteiger partial charge in [0.15, 0.2) is 0 Å². The standard InChI is InChI=1S/2C5H5.2C4H9N.W/c2*1-2-4-5-3-1;2*1-4(2,3)5;/h2*1-5H;2*1-3H3;. The maximum atomic E-state index is 5.43. The molecule has 0 radical (unpaired) electrons. The minimum atomic E-state index is -3.21. The summed E-state index contributed by atoms with van der Waals surface area (Å²) in [7, 11) is 0. The van der Waals surface area contributed by atoms with Gasteiger partial charge < -0.3 is 0 Å². The quantitative estimate of drug-likeness (QED) is 0.492. The third kappa shape index (κ3) is 4.13. The molecule has 0 aromatic heterocycles. The number of hydrogen-bond donors (Lipinski definition) is 0. The number of allylic oxidation sites excluding steroid dienone is 8. The monoisotopic (exact) mass is 456 g/mol. The summed E-state index contributed by atoms with van der Waals surface area (Å²) in [6.45, 7) is 13.3. The van der Waals surface area contributed by atoms with E-state index in [0.29, 0.717) is 8.62 Å². The van der Waals surface area contributed by atoms with Crippen LogP contribution in [-0.4, -0.2) is 11.1 Å². The van der Waals surface area contributed by atoms with Crippen LogP contribution in [-0.2, 0) is 15.7 Å². The summed E-state index contributed by atoms with van der Waals surface area (Å²) in [6, 6.07) is 0. The van der Waals surface area contributed by atoms with E-state index >= 15 is 0 Å². The molecule has 0 aromatic rings. The van der Waals surface area contributed by atoms with Gasteiger partial charge in [0.1, 0.15) is 0 Å². The van der Waals surface area contributed by atoms with Gasteiger partial charge in [0.2, 0.25) is 0 Å². The van der Waals surface area contributed by atoms with Crippen LogP contribution in [0.4, 0.5) is 0 Å². The summed E-state index contributed by atoms with van der Waals surface area (Å²) in [5, 5.41) is 0. The second-order valence-corrected chi connectivity index (χ2v) is 17.4. The molecule has 3 heteroatoms. The number of rotatable bonds is 2. The molecular weight excluding hydrogens is 428 g/mol.